The Bertz CT molecular complexity index is 923. The maximum Gasteiger partial charge on any atom is 0.310 e. The van der Waals surface area contributed by atoms with Gasteiger partial charge in [-0.15, -0.1) is 0 Å². The second-order valence-electron chi connectivity index (χ2n) is 6.09. The molecule has 0 aromatic heterocycles. The molecule has 2 aromatic carbocycles. The monoisotopic (exact) mass is 390 g/mol. The molecule has 0 bridgehead atoms. The Hall–Kier alpha value is -2.71. The Balaban J connectivity index is 1.95. The summed E-state index contributed by atoms with van der Waals surface area (Å²) < 4.78 is 25.6. The molecule has 0 aliphatic carbocycles. The van der Waals surface area contributed by atoms with Crippen molar-refractivity contribution in [2.75, 3.05) is 12.4 Å². The molecule has 0 saturated carbocycles. The Morgan fingerprint density at radius 1 is 1.11 bits per heavy atom. The Morgan fingerprint density at radius 3 is 2.37 bits per heavy atom. The van der Waals surface area contributed by atoms with Crippen LogP contribution in [0.3, 0.4) is 0 Å². The van der Waals surface area contributed by atoms with Gasteiger partial charge in [-0.25, -0.2) is 13.1 Å². The van der Waals surface area contributed by atoms with Gasteiger partial charge in [-0.05, 0) is 55.8 Å². The highest BCUT2D eigenvalue weighted by atomic mass is 32.2. The lowest BCUT2D eigenvalue weighted by Crippen LogP contribution is -2.18. The van der Waals surface area contributed by atoms with E-state index in [0.717, 1.165) is 5.56 Å². The van der Waals surface area contributed by atoms with Crippen LogP contribution in [-0.2, 0) is 26.0 Å². The predicted octanol–water partition coefficient (Wildman–Crippen LogP) is 2.35. The van der Waals surface area contributed by atoms with E-state index < -0.39 is 21.9 Å². The van der Waals surface area contributed by atoms with E-state index in [2.05, 4.69) is 10.0 Å². The van der Waals surface area contributed by atoms with Crippen LogP contribution in [0.4, 0.5) is 5.69 Å². The zero-order valence-electron chi connectivity index (χ0n) is 15.1. The van der Waals surface area contributed by atoms with Gasteiger partial charge in [-0.3, -0.25) is 9.59 Å². The van der Waals surface area contributed by atoms with Gasteiger partial charge in [0.05, 0.1) is 10.8 Å². The van der Waals surface area contributed by atoms with Gasteiger partial charge in [0.2, 0.25) is 15.9 Å². The predicted molar refractivity (Wildman–Crippen MR) is 102 cm³/mol. The summed E-state index contributed by atoms with van der Waals surface area (Å²) in [7, 11) is -2.13. The number of carbonyl (C=O) groups excluding carboxylic acids is 1. The fourth-order valence-corrected chi connectivity index (χ4v) is 3.19. The van der Waals surface area contributed by atoms with E-state index in [4.69, 9.17) is 5.11 Å². The molecule has 0 aliphatic rings. The van der Waals surface area contributed by atoms with Crippen LogP contribution in [0.15, 0.2) is 53.4 Å². The number of amides is 1. The summed E-state index contributed by atoms with van der Waals surface area (Å²) in [6, 6.07) is 13.1. The standard InChI is InChI=1S/C19H22N2O5S/c1-13(19(23)24)15-4-3-5-16(12-15)21-18(22)11-8-14-6-9-17(10-7-14)27(25,26)20-2/h3-7,9-10,12-13,20H,8,11H2,1-2H3,(H,21,22)(H,23,24). The largest absolute Gasteiger partial charge is 0.481 e. The number of carboxylic acids is 1. The zero-order chi connectivity index (χ0) is 20.0. The van der Waals surface area contributed by atoms with E-state index in [1.807, 2.05) is 0 Å². The van der Waals surface area contributed by atoms with Crippen LogP contribution < -0.4 is 10.0 Å². The molecular formula is C19H22N2O5S. The molecule has 27 heavy (non-hydrogen) atoms. The van der Waals surface area contributed by atoms with Gasteiger partial charge in [-0.1, -0.05) is 24.3 Å². The van der Waals surface area contributed by atoms with Crippen LogP contribution in [-0.4, -0.2) is 32.4 Å². The molecule has 1 unspecified atom stereocenters. The Kier molecular flexibility index (Phi) is 6.70. The number of sulfonamides is 1. The molecule has 0 aliphatic heterocycles. The van der Waals surface area contributed by atoms with E-state index in [1.54, 1.807) is 43.3 Å². The molecule has 1 atom stereocenters. The second kappa shape index (κ2) is 8.79. The highest BCUT2D eigenvalue weighted by molar-refractivity contribution is 7.89. The maximum absolute atomic E-state index is 12.1. The molecule has 1 amide bonds. The van der Waals surface area contributed by atoms with E-state index in [0.29, 0.717) is 17.7 Å². The van der Waals surface area contributed by atoms with Crippen molar-refractivity contribution in [3.05, 3.63) is 59.7 Å². The summed E-state index contributed by atoms with van der Waals surface area (Å²) in [6.07, 6.45) is 0.674. The summed E-state index contributed by atoms with van der Waals surface area (Å²) in [5.74, 6) is -1.79. The van der Waals surface area contributed by atoms with Gasteiger partial charge < -0.3 is 10.4 Å². The van der Waals surface area contributed by atoms with Crippen LogP contribution in [0.25, 0.3) is 0 Å². The zero-order valence-corrected chi connectivity index (χ0v) is 15.9. The number of aryl methyl sites for hydroxylation is 1. The van der Waals surface area contributed by atoms with Crippen molar-refractivity contribution in [3.63, 3.8) is 0 Å². The van der Waals surface area contributed by atoms with Crippen molar-refractivity contribution in [2.24, 2.45) is 0 Å². The topological polar surface area (TPSA) is 113 Å². The molecule has 144 valence electrons. The molecule has 0 heterocycles. The van der Waals surface area contributed by atoms with Crippen molar-refractivity contribution < 1.29 is 23.1 Å². The lowest BCUT2D eigenvalue weighted by atomic mass is 10.0. The number of carbonyl (C=O) groups is 2. The smallest absolute Gasteiger partial charge is 0.310 e. The third kappa shape index (κ3) is 5.63. The number of carboxylic acid groups (broad SMARTS) is 1. The third-order valence-corrected chi connectivity index (χ3v) is 5.61. The third-order valence-electron chi connectivity index (χ3n) is 4.18. The van der Waals surface area contributed by atoms with Crippen LogP contribution in [0.2, 0.25) is 0 Å². The van der Waals surface area contributed by atoms with Crippen molar-refractivity contribution in [1.29, 1.82) is 0 Å². The first-order valence-corrected chi connectivity index (χ1v) is 9.86. The SMILES string of the molecule is CNS(=O)(=O)c1ccc(CCC(=O)Nc2cccc(C(C)C(=O)O)c2)cc1. The summed E-state index contributed by atoms with van der Waals surface area (Å²) in [4.78, 5) is 23.4. The molecule has 0 saturated heterocycles. The molecule has 7 nitrogen and oxygen atoms in total. The summed E-state index contributed by atoms with van der Waals surface area (Å²) in [6.45, 7) is 1.58. The van der Waals surface area contributed by atoms with Crippen molar-refractivity contribution >= 4 is 27.6 Å². The minimum absolute atomic E-state index is 0.169. The van der Waals surface area contributed by atoms with Crippen LogP contribution in [0.5, 0.6) is 0 Å². The number of hydrogen-bond acceptors (Lipinski definition) is 4. The van der Waals surface area contributed by atoms with E-state index in [-0.39, 0.29) is 17.2 Å². The second-order valence-corrected chi connectivity index (χ2v) is 7.97. The highest BCUT2D eigenvalue weighted by Crippen LogP contribution is 2.20. The number of rotatable bonds is 8. The average Bonchev–Trinajstić information content (AvgIpc) is 2.66. The number of aliphatic carboxylic acids is 1. The van der Waals surface area contributed by atoms with E-state index in [1.165, 1.54) is 19.2 Å². The quantitative estimate of drug-likeness (QED) is 0.640. The van der Waals surface area contributed by atoms with Crippen LogP contribution in [0.1, 0.15) is 30.4 Å². The van der Waals surface area contributed by atoms with Gasteiger partial charge in [-0.2, -0.15) is 0 Å². The van der Waals surface area contributed by atoms with Crippen molar-refractivity contribution in [3.8, 4) is 0 Å². The lowest BCUT2D eigenvalue weighted by Gasteiger charge is -2.10. The average molecular weight is 390 g/mol. The molecule has 3 N–H and O–H groups in total. The molecule has 2 rings (SSSR count). The summed E-state index contributed by atoms with van der Waals surface area (Å²) >= 11 is 0. The van der Waals surface area contributed by atoms with Gasteiger partial charge >= 0.3 is 5.97 Å². The van der Waals surface area contributed by atoms with Crippen molar-refractivity contribution in [1.82, 2.24) is 4.72 Å². The highest BCUT2D eigenvalue weighted by Gasteiger charge is 2.14. The first-order valence-electron chi connectivity index (χ1n) is 8.38. The van der Waals surface area contributed by atoms with Gasteiger partial charge in [0.1, 0.15) is 0 Å². The molecule has 0 radical (unpaired) electrons. The minimum atomic E-state index is -3.48. The minimum Gasteiger partial charge on any atom is -0.481 e. The number of anilines is 1. The van der Waals surface area contributed by atoms with Gasteiger partial charge in [0, 0.05) is 12.1 Å². The fourth-order valence-electron chi connectivity index (χ4n) is 2.46. The maximum atomic E-state index is 12.1. The molecule has 2 aromatic rings. The molecular weight excluding hydrogens is 368 g/mol. The van der Waals surface area contributed by atoms with Crippen LogP contribution in [0, 0.1) is 0 Å². The van der Waals surface area contributed by atoms with Gasteiger partial charge in [0.15, 0.2) is 0 Å². The molecule has 0 spiro atoms. The lowest BCUT2D eigenvalue weighted by molar-refractivity contribution is -0.138. The molecule has 0 fully saturated rings. The number of hydrogen-bond donors (Lipinski definition) is 3. The fraction of sp³-hybridized carbons (Fsp3) is 0.263. The Morgan fingerprint density at radius 2 is 1.78 bits per heavy atom. The van der Waals surface area contributed by atoms with Crippen molar-refractivity contribution in [2.45, 2.75) is 30.6 Å². The van der Waals surface area contributed by atoms with Crippen LogP contribution >= 0.6 is 0 Å². The number of nitrogens with one attached hydrogen (secondary N) is 2. The van der Waals surface area contributed by atoms with E-state index >= 15 is 0 Å². The first kappa shape index (κ1) is 20.6. The molecule has 8 heteroatoms. The number of benzene rings is 2. The summed E-state index contributed by atoms with van der Waals surface area (Å²) in [5, 5.41) is 11.8. The normalized spacial score (nSPS) is 12.4. The first-order chi connectivity index (χ1) is 12.7. The van der Waals surface area contributed by atoms with Gasteiger partial charge in [0.25, 0.3) is 0 Å². The summed E-state index contributed by atoms with van der Waals surface area (Å²) in [5.41, 5.74) is 2.00. The van der Waals surface area contributed by atoms with E-state index in [9.17, 15) is 18.0 Å². The Labute approximate surface area is 158 Å².